The van der Waals surface area contributed by atoms with E-state index in [0.717, 1.165) is 23.1 Å². The number of methoxy groups -OCH3 is 1. The molecule has 1 heterocycles. The maximum Gasteiger partial charge on any atom is 0.416 e. The summed E-state index contributed by atoms with van der Waals surface area (Å²) in [5.41, 5.74) is 9.87. The number of nitriles is 1. The predicted molar refractivity (Wildman–Crippen MR) is 101 cm³/mol. The number of alkyl halides is 3. The van der Waals surface area contributed by atoms with E-state index in [2.05, 4.69) is 9.97 Å². The molecule has 9 nitrogen and oxygen atoms in total. The van der Waals surface area contributed by atoms with Crippen LogP contribution in [-0.4, -0.2) is 42.2 Å². The molecule has 160 valence electrons. The second-order valence-electron chi connectivity index (χ2n) is 5.92. The van der Waals surface area contributed by atoms with Gasteiger partial charge in [-0.25, -0.2) is 0 Å². The summed E-state index contributed by atoms with van der Waals surface area (Å²) >= 11 is 0. The van der Waals surface area contributed by atoms with E-state index >= 15 is 0 Å². The van der Waals surface area contributed by atoms with E-state index in [9.17, 15) is 23.2 Å². The molecule has 0 spiro atoms. The Labute approximate surface area is 170 Å². The molecule has 2 rings (SSSR count). The minimum absolute atomic E-state index is 0.109. The quantitative estimate of drug-likeness (QED) is 0.655. The van der Waals surface area contributed by atoms with Crippen molar-refractivity contribution in [1.82, 2.24) is 9.97 Å². The minimum Gasteiger partial charge on any atom is -0.477 e. The number of nitrogen functional groups attached to an aromatic ring is 1. The van der Waals surface area contributed by atoms with Gasteiger partial charge in [-0.05, 0) is 25.1 Å². The average molecular weight is 424 g/mol. The maximum absolute atomic E-state index is 13.3. The van der Waals surface area contributed by atoms with Gasteiger partial charge in [0.15, 0.2) is 11.4 Å². The highest BCUT2D eigenvalue weighted by Crippen LogP contribution is 2.37. The van der Waals surface area contributed by atoms with Crippen LogP contribution in [0.3, 0.4) is 0 Å². The van der Waals surface area contributed by atoms with Crippen LogP contribution in [0.2, 0.25) is 0 Å². The van der Waals surface area contributed by atoms with Crippen molar-refractivity contribution >= 4 is 23.4 Å². The van der Waals surface area contributed by atoms with Crippen molar-refractivity contribution in [3.8, 4) is 11.9 Å². The standard InChI is InChI=1S/C18H19F3N6O3/c1-3-30-16-12(8-22)15(25-17(24)26-16)27(13(9-29-2)14(23)28)11-6-4-5-10(7-11)18(19,20)21/h4-7,13H,3,9H2,1-2H3,(H2,23,28)(H2,24,25,26)/t13-/m0/s1. The largest absolute Gasteiger partial charge is 0.477 e. The van der Waals surface area contributed by atoms with Crippen molar-refractivity contribution in [1.29, 1.82) is 5.26 Å². The lowest BCUT2D eigenvalue weighted by Gasteiger charge is -2.31. The Bertz CT molecular complexity index is 961. The molecule has 1 aromatic carbocycles. The van der Waals surface area contributed by atoms with Crippen molar-refractivity contribution in [3.63, 3.8) is 0 Å². The molecule has 0 fully saturated rings. The van der Waals surface area contributed by atoms with Crippen LogP contribution in [0.1, 0.15) is 18.1 Å². The molecule has 0 saturated carbocycles. The van der Waals surface area contributed by atoms with Crippen molar-refractivity contribution in [2.75, 3.05) is 31.0 Å². The SMILES string of the molecule is CCOc1nc(N)nc(N(c2cccc(C(F)(F)F)c2)[C@@H](COC)C(N)=O)c1C#N. The van der Waals surface area contributed by atoms with Gasteiger partial charge in [0.1, 0.15) is 12.1 Å². The van der Waals surface area contributed by atoms with Crippen molar-refractivity contribution in [2.45, 2.75) is 19.1 Å². The van der Waals surface area contributed by atoms with Crippen molar-refractivity contribution in [2.24, 2.45) is 5.73 Å². The van der Waals surface area contributed by atoms with Crippen LogP contribution in [0.4, 0.5) is 30.6 Å². The number of benzene rings is 1. The normalized spacial score (nSPS) is 12.1. The fourth-order valence-corrected chi connectivity index (χ4v) is 2.68. The Morgan fingerprint density at radius 1 is 1.37 bits per heavy atom. The monoisotopic (exact) mass is 424 g/mol. The van der Waals surface area contributed by atoms with Gasteiger partial charge in [0.25, 0.3) is 0 Å². The Morgan fingerprint density at radius 3 is 2.60 bits per heavy atom. The number of aromatic nitrogens is 2. The lowest BCUT2D eigenvalue weighted by Crippen LogP contribution is -2.46. The zero-order valence-corrected chi connectivity index (χ0v) is 16.1. The molecule has 0 aliphatic carbocycles. The second-order valence-corrected chi connectivity index (χ2v) is 5.92. The molecule has 0 saturated heterocycles. The van der Waals surface area contributed by atoms with Crippen LogP contribution in [0.15, 0.2) is 24.3 Å². The molecule has 12 heteroatoms. The van der Waals surface area contributed by atoms with Crippen LogP contribution >= 0.6 is 0 Å². The summed E-state index contributed by atoms with van der Waals surface area (Å²) in [6.45, 7) is 1.47. The number of amides is 1. The zero-order valence-electron chi connectivity index (χ0n) is 16.1. The molecule has 30 heavy (non-hydrogen) atoms. The second kappa shape index (κ2) is 9.27. The van der Waals surface area contributed by atoms with E-state index in [-0.39, 0.29) is 42.1 Å². The number of nitrogens with zero attached hydrogens (tertiary/aromatic N) is 4. The number of primary amides is 1. The first kappa shape index (κ1) is 22.7. The molecule has 1 aromatic heterocycles. The van der Waals surface area contributed by atoms with E-state index in [4.69, 9.17) is 20.9 Å². The van der Waals surface area contributed by atoms with Gasteiger partial charge >= 0.3 is 6.18 Å². The summed E-state index contributed by atoms with van der Waals surface area (Å²) in [5, 5.41) is 9.64. The molecule has 1 amide bonds. The number of carbonyl (C=O) groups is 1. The summed E-state index contributed by atoms with van der Waals surface area (Å²) in [4.78, 5) is 21.0. The summed E-state index contributed by atoms with van der Waals surface area (Å²) in [5.74, 6) is -1.66. The summed E-state index contributed by atoms with van der Waals surface area (Å²) < 4.78 is 50.1. The molecule has 0 unspecified atom stereocenters. The molecule has 0 bridgehead atoms. The number of nitrogens with two attached hydrogens (primary N) is 2. The zero-order chi connectivity index (χ0) is 22.5. The van der Waals surface area contributed by atoms with Crippen LogP contribution < -0.4 is 21.1 Å². The summed E-state index contributed by atoms with van der Waals surface area (Å²) in [6.07, 6.45) is -4.65. The highest BCUT2D eigenvalue weighted by atomic mass is 19.4. The number of hydrogen-bond donors (Lipinski definition) is 2. The van der Waals surface area contributed by atoms with E-state index in [0.29, 0.717) is 0 Å². The Balaban J connectivity index is 2.82. The first-order valence-electron chi connectivity index (χ1n) is 8.59. The average Bonchev–Trinajstić information content (AvgIpc) is 2.67. The molecule has 0 aliphatic heterocycles. The first-order chi connectivity index (χ1) is 14.1. The summed E-state index contributed by atoms with van der Waals surface area (Å²) in [7, 11) is 1.28. The van der Waals surface area contributed by atoms with Gasteiger partial charge in [0, 0.05) is 12.8 Å². The lowest BCUT2D eigenvalue weighted by molar-refractivity contribution is -0.137. The van der Waals surface area contributed by atoms with E-state index in [1.165, 1.54) is 13.2 Å². The van der Waals surface area contributed by atoms with E-state index < -0.39 is 23.7 Å². The number of halogens is 3. The Morgan fingerprint density at radius 2 is 2.07 bits per heavy atom. The molecule has 1 atom stereocenters. The van der Waals surface area contributed by atoms with E-state index in [1.54, 1.807) is 6.92 Å². The number of hydrogen-bond acceptors (Lipinski definition) is 8. The van der Waals surface area contributed by atoms with E-state index in [1.807, 2.05) is 6.07 Å². The fraction of sp³-hybridized carbons (Fsp3) is 0.333. The number of ether oxygens (including phenoxy) is 2. The number of rotatable bonds is 8. The van der Waals surface area contributed by atoms with Gasteiger partial charge in [-0.3, -0.25) is 4.79 Å². The van der Waals surface area contributed by atoms with Crippen LogP contribution in [0, 0.1) is 11.3 Å². The highest BCUT2D eigenvalue weighted by Gasteiger charge is 2.34. The first-order valence-corrected chi connectivity index (χ1v) is 8.59. The molecular weight excluding hydrogens is 405 g/mol. The minimum atomic E-state index is -4.65. The third-order valence-corrected chi connectivity index (χ3v) is 3.91. The molecule has 2 aromatic rings. The molecular formula is C18H19F3N6O3. The molecule has 0 aliphatic rings. The Kier molecular flexibility index (Phi) is 7.01. The van der Waals surface area contributed by atoms with Gasteiger partial charge in [-0.15, -0.1) is 0 Å². The third kappa shape index (κ3) is 4.87. The maximum atomic E-state index is 13.3. The highest BCUT2D eigenvalue weighted by molar-refractivity contribution is 5.87. The van der Waals surface area contributed by atoms with Crippen LogP contribution in [-0.2, 0) is 15.7 Å². The van der Waals surface area contributed by atoms with Gasteiger partial charge in [-0.1, -0.05) is 6.07 Å². The predicted octanol–water partition coefficient (Wildman–Crippen LogP) is 1.99. The van der Waals surface area contributed by atoms with Crippen molar-refractivity contribution < 1.29 is 27.4 Å². The third-order valence-electron chi connectivity index (χ3n) is 3.91. The topological polar surface area (TPSA) is 140 Å². The van der Waals surface area contributed by atoms with Gasteiger partial charge in [0.2, 0.25) is 17.7 Å². The molecule has 0 radical (unpaired) electrons. The van der Waals surface area contributed by atoms with Gasteiger partial charge in [-0.2, -0.15) is 28.4 Å². The number of anilines is 3. The van der Waals surface area contributed by atoms with Crippen LogP contribution in [0.25, 0.3) is 0 Å². The summed E-state index contributed by atoms with van der Waals surface area (Å²) in [6, 6.07) is 4.65. The van der Waals surface area contributed by atoms with Crippen LogP contribution in [0.5, 0.6) is 5.88 Å². The fourth-order valence-electron chi connectivity index (χ4n) is 2.68. The lowest BCUT2D eigenvalue weighted by atomic mass is 10.1. The van der Waals surface area contributed by atoms with Gasteiger partial charge in [0.05, 0.1) is 18.8 Å². The smallest absolute Gasteiger partial charge is 0.416 e. The molecule has 4 N–H and O–H groups in total. The number of carbonyl (C=O) groups excluding carboxylic acids is 1. The van der Waals surface area contributed by atoms with Gasteiger partial charge < -0.3 is 25.8 Å². The Hall–Kier alpha value is -3.59. The van der Waals surface area contributed by atoms with Crippen molar-refractivity contribution in [3.05, 3.63) is 35.4 Å².